The molecule has 0 saturated carbocycles. The predicted octanol–water partition coefficient (Wildman–Crippen LogP) is 4.46. The van der Waals surface area contributed by atoms with Crippen LogP contribution in [0.4, 0.5) is 5.82 Å². The average Bonchev–Trinajstić information content (AvgIpc) is 2.90. The number of hydrogen-bond donors (Lipinski definition) is 0. The molecular weight excluding hydrogens is 302 g/mol. The monoisotopic (exact) mass is 313 g/mol. The minimum Gasteiger partial charge on any atom is -0.353 e. The Kier molecular flexibility index (Phi) is 3.78. The molecule has 104 valence electrons. The topological polar surface area (TPSA) is 39.9 Å². The molecule has 0 aliphatic carbocycles. The van der Waals surface area contributed by atoms with Crippen molar-refractivity contribution in [2.24, 2.45) is 0 Å². The van der Waals surface area contributed by atoms with E-state index in [1.54, 1.807) is 11.3 Å². The Morgan fingerprint density at radius 2 is 2.10 bits per heavy atom. The molecule has 3 aromatic rings. The van der Waals surface area contributed by atoms with Crippen LogP contribution in [0.3, 0.4) is 0 Å². The largest absolute Gasteiger partial charge is 0.353 e. The van der Waals surface area contributed by atoms with Gasteiger partial charge >= 0.3 is 0 Å². The third-order valence-electron chi connectivity index (χ3n) is 3.21. The fourth-order valence-corrected chi connectivity index (χ4v) is 3.37. The van der Waals surface area contributed by atoms with Gasteiger partial charge in [-0.1, -0.05) is 29.8 Å². The standard InChI is InChI=1S/C16H12ClN3S/c1-20(10-13-6-7-15(17)21-13)16-12(9-18)8-11-4-2-3-5-14(11)19-16/h2-8H,10H2,1H3. The van der Waals surface area contributed by atoms with E-state index in [1.165, 1.54) is 0 Å². The smallest absolute Gasteiger partial charge is 0.147 e. The van der Waals surface area contributed by atoms with Crippen LogP contribution in [0.2, 0.25) is 4.34 Å². The van der Waals surface area contributed by atoms with E-state index < -0.39 is 0 Å². The maximum atomic E-state index is 9.36. The van der Waals surface area contributed by atoms with Crippen LogP contribution in [0.5, 0.6) is 0 Å². The number of aromatic nitrogens is 1. The van der Waals surface area contributed by atoms with Crippen molar-refractivity contribution in [3.8, 4) is 6.07 Å². The van der Waals surface area contributed by atoms with Crippen LogP contribution in [0, 0.1) is 11.3 Å². The van der Waals surface area contributed by atoms with Gasteiger partial charge in [-0.2, -0.15) is 5.26 Å². The molecule has 0 amide bonds. The van der Waals surface area contributed by atoms with E-state index in [0.717, 1.165) is 20.1 Å². The maximum Gasteiger partial charge on any atom is 0.147 e. The van der Waals surface area contributed by atoms with Crippen LogP contribution in [0.15, 0.2) is 42.5 Å². The Morgan fingerprint density at radius 1 is 1.29 bits per heavy atom. The molecule has 0 radical (unpaired) electrons. The Morgan fingerprint density at radius 3 is 2.81 bits per heavy atom. The first-order valence-electron chi connectivity index (χ1n) is 6.42. The summed E-state index contributed by atoms with van der Waals surface area (Å²) < 4.78 is 0.769. The Labute approximate surface area is 132 Å². The van der Waals surface area contributed by atoms with Gasteiger partial charge in [-0.25, -0.2) is 4.98 Å². The van der Waals surface area contributed by atoms with Gasteiger partial charge in [0.2, 0.25) is 0 Å². The Hall–Kier alpha value is -2.09. The van der Waals surface area contributed by atoms with Crippen molar-refractivity contribution in [1.82, 2.24) is 4.98 Å². The summed E-state index contributed by atoms with van der Waals surface area (Å²) in [6, 6.07) is 15.8. The number of fused-ring (bicyclic) bond motifs is 1. The van der Waals surface area contributed by atoms with Crippen LogP contribution in [-0.2, 0) is 6.54 Å². The molecule has 0 unspecified atom stereocenters. The molecule has 0 saturated heterocycles. The zero-order valence-electron chi connectivity index (χ0n) is 11.4. The summed E-state index contributed by atoms with van der Waals surface area (Å²) >= 11 is 7.50. The molecule has 0 bridgehead atoms. The molecule has 21 heavy (non-hydrogen) atoms. The fraction of sp³-hybridized carbons (Fsp3) is 0.125. The lowest BCUT2D eigenvalue weighted by molar-refractivity contribution is 0.915. The molecule has 2 heterocycles. The van der Waals surface area contributed by atoms with Crippen molar-refractivity contribution in [2.45, 2.75) is 6.54 Å². The number of nitriles is 1. The van der Waals surface area contributed by atoms with Gasteiger partial charge in [0.1, 0.15) is 11.9 Å². The molecule has 1 aromatic carbocycles. The highest BCUT2D eigenvalue weighted by Crippen LogP contribution is 2.26. The van der Waals surface area contributed by atoms with E-state index in [1.807, 2.05) is 54.4 Å². The minimum atomic E-state index is 0.582. The molecule has 0 aliphatic rings. The van der Waals surface area contributed by atoms with E-state index in [0.29, 0.717) is 17.9 Å². The van der Waals surface area contributed by atoms with E-state index >= 15 is 0 Å². The van der Waals surface area contributed by atoms with E-state index in [-0.39, 0.29) is 0 Å². The van der Waals surface area contributed by atoms with Crippen LogP contribution in [0.1, 0.15) is 10.4 Å². The molecule has 0 atom stereocenters. The summed E-state index contributed by atoms with van der Waals surface area (Å²) in [6.45, 7) is 0.678. The van der Waals surface area contributed by atoms with Crippen molar-refractivity contribution in [3.63, 3.8) is 0 Å². The summed E-state index contributed by atoms with van der Waals surface area (Å²) in [7, 11) is 1.94. The van der Waals surface area contributed by atoms with Crippen LogP contribution in [-0.4, -0.2) is 12.0 Å². The number of benzene rings is 1. The summed E-state index contributed by atoms with van der Waals surface area (Å²) in [4.78, 5) is 7.74. The Balaban J connectivity index is 2.00. The van der Waals surface area contributed by atoms with Gasteiger partial charge in [-0.15, -0.1) is 11.3 Å². The zero-order chi connectivity index (χ0) is 14.8. The highest BCUT2D eigenvalue weighted by molar-refractivity contribution is 7.16. The number of para-hydroxylation sites is 1. The fourth-order valence-electron chi connectivity index (χ4n) is 2.22. The lowest BCUT2D eigenvalue weighted by Crippen LogP contribution is -2.18. The lowest BCUT2D eigenvalue weighted by atomic mass is 10.1. The third-order valence-corrected chi connectivity index (χ3v) is 4.42. The van der Waals surface area contributed by atoms with Crippen molar-refractivity contribution in [2.75, 3.05) is 11.9 Å². The highest BCUT2D eigenvalue weighted by atomic mass is 35.5. The second-order valence-corrected chi connectivity index (χ2v) is 6.53. The minimum absolute atomic E-state index is 0.582. The zero-order valence-corrected chi connectivity index (χ0v) is 12.9. The SMILES string of the molecule is CN(Cc1ccc(Cl)s1)c1nc2ccccc2cc1C#N. The van der Waals surface area contributed by atoms with Gasteiger partial charge in [0, 0.05) is 17.3 Å². The van der Waals surface area contributed by atoms with E-state index in [9.17, 15) is 5.26 Å². The van der Waals surface area contributed by atoms with Crippen molar-refractivity contribution in [1.29, 1.82) is 5.26 Å². The molecule has 0 spiro atoms. The number of nitrogens with zero attached hydrogens (tertiary/aromatic N) is 3. The molecule has 0 N–H and O–H groups in total. The molecule has 2 aromatic heterocycles. The van der Waals surface area contributed by atoms with Crippen LogP contribution < -0.4 is 4.90 Å². The second kappa shape index (κ2) is 5.72. The van der Waals surface area contributed by atoms with Crippen LogP contribution >= 0.6 is 22.9 Å². The first kappa shape index (κ1) is 13.9. The summed E-state index contributed by atoms with van der Waals surface area (Å²) in [5.41, 5.74) is 1.47. The number of hydrogen-bond acceptors (Lipinski definition) is 4. The summed E-state index contributed by atoms with van der Waals surface area (Å²) in [6.07, 6.45) is 0. The number of halogens is 1. The van der Waals surface area contributed by atoms with Crippen molar-refractivity contribution >= 4 is 39.7 Å². The molecular formula is C16H12ClN3S. The van der Waals surface area contributed by atoms with Gasteiger partial charge in [0.15, 0.2) is 0 Å². The second-order valence-electron chi connectivity index (χ2n) is 4.73. The molecule has 5 heteroatoms. The maximum absolute atomic E-state index is 9.36. The van der Waals surface area contributed by atoms with Crippen molar-refractivity contribution < 1.29 is 0 Å². The predicted molar refractivity (Wildman–Crippen MR) is 87.9 cm³/mol. The lowest BCUT2D eigenvalue weighted by Gasteiger charge is -2.19. The molecule has 3 nitrogen and oxygen atoms in total. The van der Waals surface area contributed by atoms with Crippen molar-refractivity contribution in [3.05, 3.63) is 57.2 Å². The van der Waals surface area contributed by atoms with Gasteiger partial charge < -0.3 is 4.90 Å². The van der Waals surface area contributed by atoms with Gasteiger partial charge in [0.25, 0.3) is 0 Å². The van der Waals surface area contributed by atoms with E-state index in [4.69, 9.17) is 11.6 Å². The third kappa shape index (κ3) is 2.85. The first-order valence-corrected chi connectivity index (χ1v) is 7.62. The van der Waals surface area contributed by atoms with E-state index in [2.05, 4.69) is 11.1 Å². The normalized spacial score (nSPS) is 10.5. The highest BCUT2D eigenvalue weighted by Gasteiger charge is 2.12. The van der Waals surface area contributed by atoms with Gasteiger partial charge in [-0.05, 0) is 24.3 Å². The number of rotatable bonds is 3. The Bertz CT molecular complexity index is 835. The summed E-state index contributed by atoms with van der Waals surface area (Å²) in [5.74, 6) is 0.695. The summed E-state index contributed by atoms with van der Waals surface area (Å²) in [5, 5.41) is 10.3. The first-order chi connectivity index (χ1) is 10.2. The molecule has 3 rings (SSSR count). The molecule has 0 aliphatic heterocycles. The van der Waals surface area contributed by atoms with Crippen LogP contribution in [0.25, 0.3) is 10.9 Å². The number of pyridine rings is 1. The number of anilines is 1. The number of thiophene rings is 1. The van der Waals surface area contributed by atoms with Gasteiger partial charge in [0.05, 0.1) is 22.0 Å². The quantitative estimate of drug-likeness (QED) is 0.717. The average molecular weight is 314 g/mol. The molecule has 0 fully saturated rings. The van der Waals surface area contributed by atoms with Gasteiger partial charge in [-0.3, -0.25) is 0 Å².